The van der Waals surface area contributed by atoms with Crippen molar-refractivity contribution < 1.29 is 17.9 Å². The number of rotatable bonds is 7. The zero-order valence-electron chi connectivity index (χ0n) is 9.59. The summed E-state index contributed by atoms with van der Waals surface area (Å²) in [6.45, 7) is 1.64. The average molecular weight is 267 g/mol. The van der Waals surface area contributed by atoms with Crippen LogP contribution in [0.2, 0.25) is 0 Å². The van der Waals surface area contributed by atoms with Crippen LogP contribution in [0.5, 0.6) is 0 Å². The van der Waals surface area contributed by atoms with E-state index in [0.717, 1.165) is 0 Å². The third kappa shape index (κ3) is 6.65. The van der Waals surface area contributed by atoms with E-state index in [1.807, 2.05) is 18.4 Å². The smallest absolute Gasteiger partial charge is 0.372 e. The molecule has 1 aromatic rings. The molecule has 1 N–H and O–H groups in total. The van der Waals surface area contributed by atoms with Gasteiger partial charge in [-0.1, -0.05) is 0 Å². The van der Waals surface area contributed by atoms with E-state index in [0.29, 0.717) is 13.0 Å². The van der Waals surface area contributed by atoms with Gasteiger partial charge in [0, 0.05) is 12.6 Å². The molecular weight excluding hydrogens is 251 g/mol. The van der Waals surface area contributed by atoms with Crippen LogP contribution in [0.25, 0.3) is 0 Å². The van der Waals surface area contributed by atoms with Crippen molar-refractivity contribution in [1.29, 1.82) is 0 Å². The van der Waals surface area contributed by atoms with E-state index in [4.69, 9.17) is 0 Å². The fourth-order valence-corrected chi connectivity index (χ4v) is 2.07. The van der Waals surface area contributed by atoms with Gasteiger partial charge in [-0.3, -0.25) is 0 Å². The van der Waals surface area contributed by atoms with Gasteiger partial charge in [0.1, 0.15) is 6.61 Å². The van der Waals surface area contributed by atoms with Gasteiger partial charge in [0.25, 0.3) is 0 Å². The summed E-state index contributed by atoms with van der Waals surface area (Å²) in [7, 11) is 0. The molecule has 0 fully saturated rings. The number of alkyl halides is 3. The van der Waals surface area contributed by atoms with E-state index in [1.165, 1.54) is 5.56 Å². The molecule has 98 valence electrons. The Bertz CT molecular complexity index is 300. The molecular formula is C11H16F3NOS. The molecule has 17 heavy (non-hydrogen) atoms. The fourth-order valence-electron chi connectivity index (χ4n) is 1.32. The van der Waals surface area contributed by atoms with Crippen LogP contribution < -0.4 is 5.32 Å². The lowest BCUT2D eigenvalue weighted by atomic mass is 10.2. The monoisotopic (exact) mass is 267 g/mol. The normalized spacial score (nSPS) is 13.9. The number of hydrogen-bond acceptors (Lipinski definition) is 3. The van der Waals surface area contributed by atoms with E-state index < -0.39 is 12.8 Å². The number of hydrogen-bond donors (Lipinski definition) is 1. The Hall–Kier alpha value is -0.590. The van der Waals surface area contributed by atoms with Gasteiger partial charge in [-0.25, -0.2) is 0 Å². The molecule has 1 aromatic heterocycles. The molecule has 6 heteroatoms. The van der Waals surface area contributed by atoms with Gasteiger partial charge in [-0.15, -0.1) is 0 Å². The highest BCUT2D eigenvalue weighted by molar-refractivity contribution is 7.07. The first-order valence-electron chi connectivity index (χ1n) is 5.39. The molecule has 0 saturated carbocycles. The van der Waals surface area contributed by atoms with Gasteiger partial charge in [0.05, 0.1) is 0 Å². The summed E-state index contributed by atoms with van der Waals surface area (Å²) in [4.78, 5) is 0. The second-order valence-electron chi connectivity index (χ2n) is 3.75. The summed E-state index contributed by atoms with van der Waals surface area (Å²) in [5, 5.41) is 7.28. The number of halogens is 3. The molecule has 0 radical (unpaired) electrons. The molecule has 0 amide bonds. The lowest BCUT2D eigenvalue weighted by Crippen LogP contribution is -2.22. The Balaban J connectivity index is 2.01. The first-order chi connectivity index (χ1) is 7.99. The largest absolute Gasteiger partial charge is 0.411 e. The summed E-state index contributed by atoms with van der Waals surface area (Å²) in [6.07, 6.45) is -3.65. The van der Waals surface area contributed by atoms with Gasteiger partial charge >= 0.3 is 6.18 Å². The molecule has 1 rings (SSSR count). The number of thiophene rings is 1. The molecule has 1 unspecified atom stereocenters. The van der Waals surface area contributed by atoms with Crippen LogP contribution in [0.4, 0.5) is 13.2 Å². The lowest BCUT2D eigenvalue weighted by Gasteiger charge is -2.12. The third-order valence-corrected chi connectivity index (χ3v) is 2.93. The van der Waals surface area contributed by atoms with Crippen molar-refractivity contribution in [2.45, 2.75) is 25.6 Å². The maximum Gasteiger partial charge on any atom is 0.411 e. The van der Waals surface area contributed by atoms with E-state index in [-0.39, 0.29) is 12.6 Å². The molecule has 2 nitrogen and oxygen atoms in total. The molecule has 0 aliphatic rings. The Labute approximate surface area is 103 Å². The van der Waals surface area contributed by atoms with Gasteiger partial charge in [0.15, 0.2) is 0 Å². The van der Waals surface area contributed by atoms with Gasteiger partial charge < -0.3 is 10.1 Å². The zero-order valence-corrected chi connectivity index (χ0v) is 10.4. The second-order valence-corrected chi connectivity index (χ2v) is 4.53. The molecule has 0 aromatic carbocycles. The minimum atomic E-state index is -4.22. The predicted octanol–water partition coefficient (Wildman–Crippen LogP) is 3.37. The molecule has 0 aliphatic heterocycles. The van der Waals surface area contributed by atoms with Crippen LogP contribution in [0, 0.1) is 0 Å². The summed E-state index contributed by atoms with van der Waals surface area (Å²) in [6, 6.07) is 2.26. The van der Waals surface area contributed by atoms with Crippen LogP contribution in [-0.4, -0.2) is 25.9 Å². The molecule has 0 spiro atoms. The molecule has 0 aliphatic carbocycles. The van der Waals surface area contributed by atoms with E-state index in [9.17, 15) is 13.2 Å². The van der Waals surface area contributed by atoms with Crippen LogP contribution in [0.3, 0.4) is 0 Å². The van der Waals surface area contributed by atoms with Gasteiger partial charge in [0.2, 0.25) is 0 Å². The van der Waals surface area contributed by atoms with E-state index in [1.54, 1.807) is 11.3 Å². The van der Waals surface area contributed by atoms with Crippen molar-refractivity contribution in [3.05, 3.63) is 22.4 Å². The summed E-state index contributed by atoms with van der Waals surface area (Å²) >= 11 is 1.63. The molecule has 1 heterocycles. The van der Waals surface area contributed by atoms with E-state index in [2.05, 4.69) is 15.4 Å². The van der Waals surface area contributed by atoms with Crippen molar-refractivity contribution in [3.63, 3.8) is 0 Å². The van der Waals surface area contributed by atoms with Crippen LogP contribution >= 0.6 is 11.3 Å². The van der Waals surface area contributed by atoms with Crippen LogP contribution in [0.15, 0.2) is 16.8 Å². The van der Waals surface area contributed by atoms with Crippen LogP contribution in [0.1, 0.15) is 24.9 Å². The van der Waals surface area contributed by atoms with E-state index >= 15 is 0 Å². The highest BCUT2D eigenvalue weighted by Crippen LogP contribution is 2.16. The average Bonchev–Trinajstić information content (AvgIpc) is 2.74. The van der Waals surface area contributed by atoms with Crippen LogP contribution in [-0.2, 0) is 4.74 Å². The Morgan fingerprint density at radius 3 is 2.82 bits per heavy atom. The van der Waals surface area contributed by atoms with Crippen molar-refractivity contribution in [3.8, 4) is 0 Å². The highest BCUT2D eigenvalue weighted by atomic mass is 32.1. The zero-order chi connectivity index (χ0) is 12.7. The Kier molecular flexibility index (Phi) is 5.94. The first kappa shape index (κ1) is 14.5. The predicted molar refractivity (Wildman–Crippen MR) is 62.2 cm³/mol. The number of ether oxygens (including phenoxy) is 1. The minimum Gasteiger partial charge on any atom is -0.372 e. The highest BCUT2D eigenvalue weighted by Gasteiger charge is 2.27. The fraction of sp³-hybridized carbons (Fsp3) is 0.636. The SMILES string of the molecule is CC(NCCCOCC(F)(F)F)c1ccsc1. The Morgan fingerprint density at radius 2 is 2.24 bits per heavy atom. The van der Waals surface area contributed by atoms with Crippen molar-refractivity contribution in [1.82, 2.24) is 5.32 Å². The minimum absolute atomic E-state index is 0.128. The van der Waals surface area contributed by atoms with Crippen molar-refractivity contribution >= 4 is 11.3 Å². The molecule has 1 atom stereocenters. The first-order valence-corrected chi connectivity index (χ1v) is 6.33. The maximum atomic E-state index is 11.7. The van der Waals surface area contributed by atoms with Gasteiger partial charge in [-0.05, 0) is 42.3 Å². The second kappa shape index (κ2) is 6.98. The Morgan fingerprint density at radius 1 is 1.47 bits per heavy atom. The lowest BCUT2D eigenvalue weighted by molar-refractivity contribution is -0.173. The summed E-state index contributed by atoms with van der Waals surface area (Å²) in [5.41, 5.74) is 1.20. The molecule has 0 bridgehead atoms. The quantitative estimate of drug-likeness (QED) is 0.765. The third-order valence-electron chi connectivity index (χ3n) is 2.22. The maximum absolute atomic E-state index is 11.7. The standard InChI is InChI=1S/C11H16F3NOS/c1-9(10-3-6-17-7-10)15-4-2-5-16-8-11(12,13)14/h3,6-7,9,15H,2,4-5,8H2,1H3. The van der Waals surface area contributed by atoms with Gasteiger partial charge in [-0.2, -0.15) is 24.5 Å². The summed E-state index contributed by atoms with van der Waals surface area (Å²) < 4.78 is 39.7. The molecule has 0 saturated heterocycles. The van der Waals surface area contributed by atoms with Crippen molar-refractivity contribution in [2.24, 2.45) is 0 Å². The van der Waals surface area contributed by atoms with Crippen molar-refractivity contribution in [2.75, 3.05) is 19.8 Å². The number of nitrogens with one attached hydrogen (secondary N) is 1. The summed E-state index contributed by atoms with van der Waals surface area (Å²) in [5.74, 6) is 0. The topological polar surface area (TPSA) is 21.3 Å².